The Hall–Kier alpha value is -1.88. The highest BCUT2D eigenvalue weighted by Gasteiger charge is 2.25. The second-order valence-electron chi connectivity index (χ2n) is 5.33. The predicted octanol–water partition coefficient (Wildman–Crippen LogP) is 3.20. The van der Waals surface area contributed by atoms with Gasteiger partial charge in [-0.3, -0.25) is 4.79 Å². The largest absolute Gasteiger partial charge is 0.373 e. The summed E-state index contributed by atoms with van der Waals surface area (Å²) in [4.78, 5) is 18.7. The molecule has 0 saturated carbocycles. The average Bonchev–Trinajstić information content (AvgIpc) is 3.09. The minimum Gasteiger partial charge on any atom is -0.373 e. The van der Waals surface area contributed by atoms with Crippen molar-refractivity contribution in [3.8, 4) is 0 Å². The van der Waals surface area contributed by atoms with Crippen LogP contribution >= 0.6 is 11.3 Å². The van der Waals surface area contributed by atoms with E-state index in [0.29, 0.717) is 5.92 Å². The summed E-state index contributed by atoms with van der Waals surface area (Å²) in [7, 11) is 1.87. The molecule has 21 heavy (non-hydrogen) atoms. The van der Waals surface area contributed by atoms with Crippen LogP contribution in [-0.2, 0) is 0 Å². The molecule has 1 aliphatic rings. The number of carbonyl (C=O) groups is 1. The topological polar surface area (TPSA) is 45.2 Å². The molecule has 0 unspecified atom stereocenters. The zero-order chi connectivity index (χ0) is 14.7. The molecule has 1 saturated heterocycles. The Morgan fingerprint density at radius 2 is 2.38 bits per heavy atom. The van der Waals surface area contributed by atoms with Crippen LogP contribution < -0.4 is 5.32 Å². The smallest absolute Gasteiger partial charge is 0.254 e. The van der Waals surface area contributed by atoms with Gasteiger partial charge in [0.1, 0.15) is 5.82 Å². The van der Waals surface area contributed by atoms with E-state index in [2.05, 4.69) is 22.4 Å². The molecule has 0 aromatic carbocycles. The zero-order valence-electron chi connectivity index (χ0n) is 12.1. The molecule has 1 fully saturated rings. The Bertz CT molecular complexity index is 612. The maximum absolute atomic E-state index is 12.5. The van der Waals surface area contributed by atoms with Crippen molar-refractivity contribution in [1.82, 2.24) is 9.88 Å². The maximum Gasteiger partial charge on any atom is 0.254 e. The van der Waals surface area contributed by atoms with Gasteiger partial charge in [-0.2, -0.15) is 11.3 Å². The summed E-state index contributed by atoms with van der Waals surface area (Å²) < 4.78 is 0. The summed E-state index contributed by atoms with van der Waals surface area (Å²) in [6.45, 7) is 1.65. The van der Waals surface area contributed by atoms with Crippen molar-refractivity contribution in [3.63, 3.8) is 0 Å². The summed E-state index contributed by atoms with van der Waals surface area (Å²) in [6, 6.07) is 6.05. The van der Waals surface area contributed by atoms with Gasteiger partial charge in [-0.15, -0.1) is 0 Å². The van der Waals surface area contributed by atoms with E-state index in [1.54, 1.807) is 11.3 Å². The maximum atomic E-state index is 12.5. The van der Waals surface area contributed by atoms with Crippen LogP contribution in [0.25, 0.3) is 0 Å². The van der Waals surface area contributed by atoms with E-state index in [1.807, 2.05) is 35.0 Å². The van der Waals surface area contributed by atoms with Crippen LogP contribution in [0.5, 0.6) is 0 Å². The lowest BCUT2D eigenvalue weighted by molar-refractivity contribution is 0.0707. The van der Waals surface area contributed by atoms with Crippen LogP contribution in [0.3, 0.4) is 0 Å². The number of pyridine rings is 1. The summed E-state index contributed by atoms with van der Waals surface area (Å²) >= 11 is 1.57. The van der Waals surface area contributed by atoms with Crippen LogP contribution in [0, 0.1) is 0 Å². The third kappa shape index (κ3) is 3.08. The van der Waals surface area contributed by atoms with E-state index in [4.69, 9.17) is 0 Å². The number of rotatable bonds is 3. The number of thiophene rings is 1. The summed E-state index contributed by atoms with van der Waals surface area (Å²) in [5, 5.41) is 6.96. The highest BCUT2D eigenvalue weighted by Crippen LogP contribution is 2.28. The molecule has 5 heteroatoms. The van der Waals surface area contributed by atoms with Gasteiger partial charge in [0.05, 0.1) is 5.56 Å². The minimum atomic E-state index is 0.156. The van der Waals surface area contributed by atoms with Gasteiger partial charge in [0.15, 0.2) is 0 Å². The molecular weight excluding hydrogens is 282 g/mol. The van der Waals surface area contributed by atoms with Crippen molar-refractivity contribution in [2.45, 2.75) is 18.8 Å². The van der Waals surface area contributed by atoms with Gasteiger partial charge in [-0.05, 0) is 42.0 Å². The average molecular weight is 301 g/mol. The molecule has 0 bridgehead atoms. The number of anilines is 1. The first-order valence-corrected chi connectivity index (χ1v) is 8.17. The molecule has 110 valence electrons. The molecule has 1 amide bonds. The second kappa shape index (κ2) is 6.26. The number of amides is 1. The number of nitrogens with zero attached hydrogens (tertiary/aromatic N) is 2. The zero-order valence-corrected chi connectivity index (χ0v) is 12.9. The third-order valence-corrected chi connectivity index (χ3v) is 4.67. The normalized spacial score (nSPS) is 18.5. The molecule has 0 radical (unpaired) electrons. The van der Waals surface area contributed by atoms with E-state index < -0.39 is 0 Å². The van der Waals surface area contributed by atoms with E-state index >= 15 is 0 Å². The molecule has 3 heterocycles. The Balaban J connectivity index is 1.75. The Morgan fingerprint density at radius 1 is 1.48 bits per heavy atom. The van der Waals surface area contributed by atoms with Gasteiger partial charge in [-0.1, -0.05) is 0 Å². The lowest BCUT2D eigenvalue weighted by Gasteiger charge is -2.33. The molecule has 1 N–H and O–H groups in total. The number of carbonyl (C=O) groups excluding carboxylic acids is 1. The van der Waals surface area contributed by atoms with E-state index in [1.165, 1.54) is 5.56 Å². The fraction of sp³-hybridized carbons (Fsp3) is 0.375. The number of hydrogen-bond acceptors (Lipinski definition) is 4. The minimum absolute atomic E-state index is 0.156. The number of hydrogen-bond donors (Lipinski definition) is 1. The molecule has 3 rings (SSSR count). The first-order valence-electron chi connectivity index (χ1n) is 7.23. The summed E-state index contributed by atoms with van der Waals surface area (Å²) in [5.74, 6) is 1.44. The Morgan fingerprint density at radius 3 is 3.14 bits per heavy atom. The van der Waals surface area contributed by atoms with E-state index in [0.717, 1.165) is 37.3 Å². The van der Waals surface area contributed by atoms with E-state index in [-0.39, 0.29) is 5.91 Å². The Kier molecular flexibility index (Phi) is 4.20. The van der Waals surface area contributed by atoms with Gasteiger partial charge < -0.3 is 10.2 Å². The highest BCUT2D eigenvalue weighted by molar-refractivity contribution is 7.08. The SMILES string of the molecule is CNc1cc([C@H]2CCCN(C(=O)c3ccsc3)C2)ccn1. The highest BCUT2D eigenvalue weighted by atomic mass is 32.1. The van der Waals surface area contributed by atoms with Gasteiger partial charge in [0.25, 0.3) is 5.91 Å². The number of likely N-dealkylation sites (tertiary alicyclic amines) is 1. The van der Waals surface area contributed by atoms with Crippen LogP contribution in [0.1, 0.15) is 34.7 Å². The molecule has 0 spiro atoms. The van der Waals surface area contributed by atoms with Crippen molar-refractivity contribution in [3.05, 3.63) is 46.3 Å². The van der Waals surface area contributed by atoms with Gasteiger partial charge in [0, 0.05) is 37.6 Å². The van der Waals surface area contributed by atoms with Crippen molar-refractivity contribution in [2.24, 2.45) is 0 Å². The van der Waals surface area contributed by atoms with Gasteiger partial charge in [0.2, 0.25) is 0 Å². The lowest BCUT2D eigenvalue weighted by Crippen LogP contribution is -2.38. The predicted molar refractivity (Wildman–Crippen MR) is 86.0 cm³/mol. The standard InChI is InChI=1S/C16H19N3OS/c1-17-15-9-12(4-6-18-15)13-3-2-7-19(10-13)16(20)14-5-8-21-11-14/h4-6,8-9,11,13H,2-3,7,10H2,1H3,(H,17,18)/t13-/m0/s1. The number of nitrogens with one attached hydrogen (secondary N) is 1. The summed E-state index contributed by atoms with van der Waals surface area (Å²) in [6.07, 6.45) is 4.01. The van der Waals surface area contributed by atoms with Crippen molar-refractivity contribution in [1.29, 1.82) is 0 Å². The fourth-order valence-electron chi connectivity index (χ4n) is 2.84. The van der Waals surface area contributed by atoms with Crippen molar-refractivity contribution >= 4 is 23.1 Å². The molecule has 4 nitrogen and oxygen atoms in total. The second-order valence-corrected chi connectivity index (χ2v) is 6.11. The van der Waals surface area contributed by atoms with Crippen LogP contribution in [0.15, 0.2) is 35.2 Å². The van der Waals surface area contributed by atoms with Crippen molar-refractivity contribution in [2.75, 3.05) is 25.5 Å². The fourth-order valence-corrected chi connectivity index (χ4v) is 3.47. The summed E-state index contributed by atoms with van der Waals surface area (Å²) in [5.41, 5.74) is 2.07. The molecule has 1 aliphatic heterocycles. The first kappa shape index (κ1) is 14.1. The molecule has 2 aromatic heterocycles. The molecule has 1 atom stereocenters. The number of aromatic nitrogens is 1. The van der Waals surface area contributed by atoms with E-state index in [9.17, 15) is 4.79 Å². The van der Waals surface area contributed by atoms with Crippen LogP contribution in [0.2, 0.25) is 0 Å². The first-order chi connectivity index (χ1) is 10.3. The lowest BCUT2D eigenvalue weighted by atomic mass is 9.91. The monoisotopic (exact) mass is 301 g/mol. The van der Waals surface area contributed by atoms with Crippen LogP contribution in [-0.4, -0.2) is 35.9 Å². The van der Waals surface area contributed by atoms with Crippen LogP contribution in [0.4, 0.5) is 5.82 Å². The molecule has 0 aliphatic carbocycles. The molecular formula is C16H19N3OS. The van der Waals surface area contributed by atoms with Crippen molar-refractivity contribution < 1.29 is 4.79 Å². The Labute approximate surface area is 128 Å². The quantitative estimate of drug-likeness (QED) is 0.947. The molecule has 2 aromatic rings. The third-order valence-electron chi connectivity index (χ3n) is 3.99. The van der Waals surface area contributed by atoms with Gasteiger partial charge in [-0.25, -0.2) is 4.98 Å². The number of piperidine rings is 1. The van der Waals surface area contributed by atoms with Gasteiger partial charge >= 0.3 is 0 Å².